The van der Waals surface area contributed by atoms with Gasteiger partial charge in [-0.2, -0.15) is 0 Å². The third-order valence-electron chi connectivity index (χ3n) is 3.79. The number of carbonyl (C=O) groups is 1. The number of methoxy groups -OCH3 is 1. The molecule has 0 aliphatic heterocycles. The first kappa shape index (κ1) is 16.7. The van der Waals surface area contributed by atoms with Gasteiger partial charge in [-0.3, -0.25) is 4.79 Å². The number of nitrogens with zero attached hydrogens (tertiary/aromatic N) is 2. The molecule has 1 amide bonds. The van der Waals surface area contributed by atoms with Crippen molar-refractivity contribution in [1.82, 2.24) is 10.2 Å². The molecule has 3 rings (SSSR count). The number of hydrogen-bond acceptors (Lipinski definition) is 5. The molecule has 0 unspecified atom stereocenters. The van der Waals surface area contributed by atoms with Crippen molar-refractivity contribution in [3.63, 3.8) is 0 Å². The standard InChI is InChI=1S/C19H19N3O3/c1-12(2)13-4-8-15(9-5-13)20-17(23)19-22-21-18(25-19)14-6-10-16(24-3)11-7-14/h4-12H,1-3H3,(H,20,23). The Balaban J connectivity index is 1.71. The molecule has 0 aliphatic carbocycles. The molecule has 1 aromatic heterocycles. The summed E-state index contributed by atoms with van der Waals surface area (Å²) in [5, 5.41) is 10.5. The van der Waals surface area contributed by atoms with Crippen molar-refractivity contribution < 1.29 is 13.9 Å². The van der Waals surface area contributed by atoms with Gasteiger partial charge in [-0.25, -0.2) is 0 Å². The predicted octanol–water partition coefficient (Wildman–Crippen LogP) is 4.12. The highest BCUT2D eigenvalue weighted by molar-refractivity contribution is 6.00. The number of hydrogen-bond donors (Lipinski definition) is 1. The number of carbonyl (C=O) groups excluding carboxylic acids is 1. The maximum atomic E-state index is 12.3. The van der Waals surface area contributed by atoms with E-state index in [0.29, 0.717) is 17.2 Å². The quantitative estimate of drug-likeness (QED) is 0.758. The van der Waals surface area contributed by atoms with Gasteiger partial charge < -0.3 is 14.5 Å². The third kappa shape index (κ3) is 3.85. The van der Waals surface area contributed by atoms with Crippen LogP contribution in [0.1, 0.15) is 36.0 Å². The Labute approximate surface area is 145 Å². The summed E-state index contributed by atoms with van der Waals surface area (Å²) in [5.74, 6) is 0.921. The minimum absolute atomic E-state index is 0.0845. The molecule has 1 heterocycles. The summed E-state index contributed by atoms with van der Waals surface area (Å²) in [6.45, 7) is 4.24. The van der Waals surface area contributed by atoms with Gasteiger partial charge in [-0.05, 0) is 47.9 Å². The van der Waals surface area contributed by atoms with Gasteiger partial charge in [0.25, 0.3) is 0 Å². The molecule has 1 N–H and O–H groups in total. The molecule has 0 saturated carbocycles. The fourth-order valence-electron chi connectivity index (χ4n) is 2.30. The zero-order valence-electron chi connectivity index (χ0n) is 14.3. The van der Waals surface area contributed by atoms with E-state index >= 15 is 0 Å². The maximum absolute atomic E-state index is 12.3. The molecule has 25 heavy (non-hydrogen) atoms. The van der Waals surface area contributed by atoms with Crippen LogP contribution in [0.4, 0.5) is 5.69 Å². The Bertz CT molecular complexity index is 852. The third-order valence-corrected chi connectivity index (χ3v) is 3.79. The SMILES string of the molecule is COc1ccc(-c2nnc(C(=O)Nc3ccc(C(C)C)cc3)o2)cc1. The van der Waals surface area contributed by atoms with Gasteiger partial charge in [-0.15, -0.1) is 10.2 Å². The van der Waals surface area contributed by atoms with E-state index in [0.717, 1.165) is 5.75 Å². The average Bonchev–Trinajstić information content (AvgIpc) is 3.12. The van der Waals surface area contributed by atoms with Crippen molar-refractivity contribution in [1.29, 1.82) is 0 Å². The van der Waals surface area contributed by atoms with Crippen LogP contribution in [-0.4, -0.2) is 23.2 Å². The molecule has 0 bridgehead atoms. The molecule has 0 atom stereocenters. The predicted molar refractivity (Wildman–Crippen MR) is 94.8 cm³/mol. The molecule has 6 heteroatoms. The molecule has 2 aromatic carbocycles. The summed E-state index contributed by atoms with van der Waals surface area (Å²) >= 11 is 0. The Morgan fingerprint density at radius 1 is 1.04 bits per heavy atom. The van der Waals surface area contributed by atoms with Gasteiger partial charge in [0, 0.05) is 11.3 Å². The van der Waals surface area contributed by atoms with E-state index in [2.05, 4.69) is 29.4 Å². The van der Waals surface area contributed by atoms with Gasteiger partial charge >= 0.3 is 11.8 Å². The van der Waals surface area contributed by atoms with E-state index in [1.807, 2.05) is 24.3 Å². The van der Waals surface area contributed by atoms with Crippen LogP contribution in [0.2, 0.25) is 0 Å². The van der Waals surface area contributed by atoms with Gasteiger partial charge in [0.2, 0.25) is 5.89 Å². The van der Waals surface area contributed by atoms with E-state index in [1.54, 1.807) is 31.4 Å². The number of ether oxygens (including phenoxy) is 1. The van der Waals surface area contributed by atoms with E-state index < -0.39 is 5.91 Å². The molecular weight excluding hydrogens is 318 g/mol. The summed E-state index contributed by atoms with van der Waals surface area (Å²) < 4.78 is 10.6. The average molecular weight is 337 g/mol. The Kier molecular flexibility index (Phi) is 4.79. The van der Waals surface area contributed by atoms with Gasteiger partial charge in [-0.1, -0.05) is 26.0 Å². The van der Waals surface area contributed by atoms with Crippen molar-refractivity contribution >= 4 is 11.6 Å². The van der Waals surface area contributed by atoms with Crippen molar-refractivity contribution in [2.45, 2.75) is 19.8 Å². The van der Waals surface area contributed by atoms with Crippen molar-refractivity contribution in [3.05, 3.63) is 60.0 Å². The number of nitrogens with one attached hydrogen (secondary N) is 1. The Hall–Kier alpha value is -3.15. The van der Waals surface area contributed by atoms with Crippen LogP contribution in [0, 0.1) is 0 Å². The van der Waals surface area contributed by atoms with Gasteiger partial charge in [0.05, 0.1) is 7.11 Å². The molecule has 3 aromatic rings. The molecule has 0 fully saturated rings. The minimum atomic E-state index is -0.440. The largest absolute Gasteiger partial charge is 0.497 e. The van der Waals surface area contributed by atoms with Crippen LogP contribution in [0.3, 0.4) is 0 Å². The molecule has 128 valence electrons. The summed E-state index contributed by atoms with van der Waals surface area (Å²) in [5.41, 5.74) is 2.60. The van der Waals surface area contributed by atoms with Gasteiger partial charge in [0.1, 0.15) is 5.75 Å². The van der Waals surface area contributed by atoms with E-state index in [9.17, 15) is 4.79 Å². The summed E-state index contributed by atoms with van der Waals surface area (Å²) in [4.78, 5) is 12.3. The topological polar surface area (TPSA) is 77.2 Å². The second-order valence-electron chi connectivity index (χ2n) is 5.87. The summed E-state index contributed by atoms with van der Waals surface area (Å²) in [7, 11) is 1.60. The number of aromatic nitrogens is 2. The van der Waals surface area contributed by atoms with Crippen LogP contribution in [-0.2, 0) is 0 Å². The lowest BCUT2D eigenvalue weighted by Crippen LogP contribution is -2.12. The van der Waals surface area contributed by atoms with Crippen molar-refractivity contribution in [3.8, 4) is 17.2 Å². The zero-order valence-corrected chi connectivity index (χ0v) is 14.3. The van der Waals surface area contributed by atoms with Crippen molar-refractivity contribution in [2.24, 2.45) is 0 Å². The monoisotopic (exact) mass is 337 g/mol. The molecule has 0 saturated heterocycles. The highest BCUT2D eigenvalue weighted by Crippen LogP contribution is 2.22. The van der Waals surface area contributed by atoms with Crippen LogP contribution < -0.4 is 10.1 Å². The normalized spacial score (nSPS) is 10.7. The molecule has 6 nitrogen and oxygen atoms in total. The van der Waals surface area contributed by atoms with E-state index in [1.165, 1.54) is 5.56 Å². The van der Waals surface area contributed by atoms with E-state index in [4.69, 9.17) is 9.15 Å². The number of rotatable bonds is 5. The smallest absolute Gasteiger partial charge is 0.313 e. The Morgan fingerprint density at radius 3 is 2.32 bits per heavy atom. The number of amides is 1. The fraction of sp³-hybridized carbons (Fsp3) is 0.211. The summed E-state index contributed by atoms with van der Waals surface area (Å²) in [6.07, 6.45) is 0. The molecule has 0 radical (unpaired) electrons. The van der Waals surface area contributed by atoms with Crippen LogP contribution in [0.15, 0.2) is 52.9 Å². The molecule has 0 aliphatic rings. The number of anilines is 1. The highest BCUT2D eigenvalue weighted by Gasteiger charge is 2.16. The van der Waals surface area contributed by atoms with Crippen molar-refractivity contribution in [2.75, 3.05) is 12.4 Å². The zero-order chi connectivity index (χ0) is 17.8. The lowest BCUT2D eigenvalue weighted by Gasteiger charge is -2.07. The van der Waals surface area contributed by atoms with E-state index in [-0.39, 0.29) is 11.8 Å². The second kappa shape index (κ2) is 7.17. The maximum Gasteiger partial charge on any atom is 0.313 e. The fourth-order valence-corrected chi connectivity index (χ4v) is 2.30. The highest BCUT2D eigenvalue weighted by atomic mass is 16.5. The first-order chi connectivity index (χ1) is 12.1. The summed E-state index contributed by atoms with van der Waals surface area (Å²) in [6, 6.07) is 14.8. The van der Waals surface area contributed by atoms with Gasteiger partial charge in [0.15, 0.2) is 0 Å². The van der Waals surface area contributed by atoms with Crippen LogP contribution >= 0.6 is 0 Å². The Morgan fingerprint density at radius 2 is 1.72 bits per heavy atom. The minimum Gasteiger partial charge on any atom is -0.497 e. The van der Waals surface area contributed by atoms with Crippen LogP contribution in [0.25, 0.3) is 11.5 Å². The lowest BCUT2D eigenvalue weighted by atomic mass is 10.0. The first-order valence-electron chi connectivity index (χ1n) is 7.96. The van der Waals surface area contributed by atoms with Crippen LogP contribution in [0.5, 0.6) is 5.75 Å². The number of benzene rings is 2. The second-order valence-corrected chi connectivity index (χ2v) is 5.87. The first-order valence-corrected chi connectivity index (χ1v) is 7.96. The molecule has 0 spiro atoms. The lowest BCUT2D eigenvalue weighted by molar-refractivity contribution is 0.0991. The molecular formula is C19H19N3O3.